The maximum absolute atomic E-state index is 4.02. The summed E-state index contributed by atoms with van der Waals surface area (Å²) in [5, 5.41) is 9.32. The Morgan fingerprint density at radius 1 is 0.485 bits per heavy atom. The van der Waals surface area contributed by atoms with Gasteiger partial charge < -0.3 is 9.88 Å². The van der Waals surface area contributed by atoms with Crippen LogP contribution in [-0.4, -0.2) is 11.8 Å². The molecule has 10 aromatic rings. The van der Waals surface area contributed by atoms with Crippen LogP contribution in [-0.2, 0) is 21.7 Å². The first-order chi connectivity index (χ1) is 31.5. The Labute approximate surface area is 393 Å². The third-order valence-electron chi connectivity index (χ3n) is 15.9. The van der Waals surface area contributed by atoms with Gasteiger partial charge >= 0.3 is 0 Å². The molecule has 2 aliphatic carbocycles. The number of benzene rings is 8. The van der Waals surface area contributed by atoms with Crippen molar-refractivity contribution in [1.29, 1.82) is 0 Å². The SMILES string of the molecule is CC(C)(C)c1ccc(Nc2cc3c(cc2-c2ccc4c5cc6c(cc5n5c4c2Bc2cc4c(cc2-5)C(C)(C)c2ccccc2-4)-c2ccccc2C6(C)C)sc2ccc(C(C)(C)C)cc23)cc1. The molecule has 0 amide bonds. The number of nitrogens with zero attached hydrogens (tertiary/aromatic N) is 1. The molecule has 0 spiro atoms. The molecule has 4 heteroatoms. The van der Waals surface area contributed by atoms with Gasteiger partial charge in [0.1, 0.15) is 0 Å². The predicted molar refractivity (Wildman–Crippen MR) is 288 cm³/mol. The van der Waals surface area contributed by atoms with Crippen molar-refractivity contribution in [2.75, 3.05) is 5.32 Å². The summed E-state index contributed by atoms with van der Waals surface area (Å²) >= 11 is 1.92. The van der Waals surface area contributed by atoms with Crippen molar-refractivity contribution in [2.45, 2.75) is 90.9 Å². The van der Waals surface area contributed by atoms with E-state index >= 15 is 0 Å². The molecule has 2 aromatic heterocycles. The van der Waals surface area contributed by atoms with E-state index in [1.165, 1.54) is 125 Å². The third-order valence-corrected chi connectivity index (χ3v) is 17.1. The summed E-state index contributed by atoms with van der Waals surface area (Å²) in [5.41, 5.74) is 25.2. The van der Waals surface area contributed by atoms with E-state index in [2.05, 4.69) is 219 Å². The second-order valence-corrected chi connectivity index (χ2v) is 23.8. The van der Waals surface area contributed by atoms with Gasteiger partial charge in [-0.3, -0.25) is 0 Å². The van der Waals surface area contributed by atoms with Crippen molar-refractivity contribution in [1.82, 2.24) is 4.57 Å². The van der Waals surface area contributed by atoms with Gasteiger partial charge in [0.15, 0.2) is 7.28 Å². The van der Waals surface area contributed by atoms with Crippen molar-refractivity contribution in [3.05, 3.63) is 173 Å². The summed E-state index contributed by atoms with van der Waals surface area (Å²) < 4.78 is 5.31. The molecule has 0 saturated heterocycles. The van der Waals surface area contributed by atoms with Gasteiger partial charge in [0, 0.05) is 69.9 Å². The monoisotopic (exact) mass is 870 g/mol. The Morgan fingerprint density at radius 3 is 1.79 bits per heavy atom. The van der Waals surface area contributed by atoms with Crippen LogP contribution in [0, 0.1) is 0 Å². The van der Waals surface area contributed by atoms with E-state index in [9.17, 15) is 0 Å². The number of anilines is 2. The number of hydrogen-bond acceptors (Lipinski definition) is 2. The maximum Gasteiger partial charge on any atom is 0.198 e. The van der Waals surface area contributed by atoms with Crippen LogP contribution < -0.4 is 16.2 Å². The van der Waals surface area contributed by atoms with E-state index in [4.69, 9.17) is 0 Å². The van der Waals surface area contributed by atoms with Crippen LogP contribution in [0.2, 0.25) is 0 Å². The van der Waals surface area contributed by atoms with Gasteiger partial charge in [-0.15, -0.1) is 11.3 Å². The van der Waals surface area contributed by atoms with E-state index in [1.54, 1.807) is 0 Å². The van der Waals surface area contributed by atoms with Crippen molar-refractivity contribution < 1.29 is 0 Å². The van der Waals surface area contributed by atoms with Gasteiger partial charge in [-0.2, -0.15) is 0 Å². The first-order valence-electron chi connectivity index (χ1n) is 23.9. The highest BCUT2D eigenvalue weighted by Gasteiger charge is 2.40. The number of rotatable bonds is 3. The molecule has 0 bridgehead atoms. The van der Waals surface area contributed by atoms with Crippen molar-refractivity contribution in [3.63, 3.8) is 0 Å². The highest BCUT2D eigenvalue weighted by atomic mass is 32.1. The first kappa shape index (κ1) is 40.0. The largest absolute Gasteiger partial charge is 0.355 e. The van der Waals surface area contributed by atoms with Crippen LogP contribution in [0.5, 0.6) is 0 Å². The highest BCUT2D eigenvalue weighted by Crippen LogP contribution is 2.53. The highest BCUT2D eigenvalue weighted by molar-refractivity contribution is 7.25. The van der Waals surface area contributed by atoms with Crippen LogP contribution in [0.15, 0.2) is 140 Å². The molecule has 0 unspecified atom stereocenters. The number of hydrogen-bond donors (Lipinski definition) is 1. The molecule has 0 saturated carbocycles. The van der Waals surface area contributed by atoms with Crippen LogP contribution >= 0.6 is 11.3 Å². The topological polar surface area (TPSA) is 17.0 Å². The molecule has 13 rings (SSSR count). The molecular weight excluding hydrogens is 816 g/mol. The van der Waals surface area contributed by atoms with Crippen LogP contribution in [0.25, 0.3) is 81.0 Å². The lowest BCUT2D eigenvalue weighted by atomic mass is 9.58. The van der Waals surface area contributed by atoms with Crippen molar-refractivity contribution in [2.24, 2.45) is 0 Å². The van der Waals surface area contributed by atoms with Gasteiger partial charge in [-0.25, -0.2) is 0 Å². The Balaban J connectivity index is 1.10. The molecule has 2 nitrogen and oxygen atoms in total. The minimum absolute atomic E-state index is 0.0579. The molecule has 1 N–H and O–H groups in total. The number of fused-ring (bicyclic) bond motifs is 14. The lowest BCUT2D eigenvalue weighted by Gasteiger charge is -2.27. The smallest absolute Gasteiger partial charge is 0.198 e. The fraction of sp³-hybridized carbons (Fsp3) is 0.226. The summed E-state index contributed by atoms with van der Waals surface area (Å²) in [5.74, 6) is 0. The van der Waals surface area contributed by atoms with Gasteiger partial charge in [-0.05, 0) is 132 Å². The number of aromatic nitrogens is 1. The molecular formula is C62H55BN2S. The summed E-state index contributed by atoms with van der Waals surface area (Å²) in [4.78, 5) is 0. The van der Waals surface area contributed by atoms with E-state index in [0.29, 0.717) is 0 Å². The zero-order chi connectivity index (χ0) is 45.4. The van der Waals surface area contributed by atoms with Crippen molar-refractivity contribution >= 4 is 82.9 Å². The van der Waals surface area contributed by atoms with E-state index in [0.717, 1.165) is 18.7 Å². The average molecular weight is 871 g/mol. The molecule has 0 fully saturated rings. The fourth-order valence-corrected chi connectivity index (χ4v) is 13.3. The molecule has 8 aromatic carbocycles. The fourth-order valence-electron chi connectivity index (χ4n) is 12.2. The summed E-state index contributed by atoms with van der Waals surface area (Å²) in [7, 11) is 0.849. The Kier molecular flexibility index (Phi) is 7.97. The van der Waals surface area contributed by atoms with Gasteiger partial charge in [0.25, 0.3) is 0 Å². The Morgan fingerprint density at radius 2 is 1.11 bits per heavy atom. The second-order valence-electron chi connectivity index (χ2n) is 22.7. The van der Waals surface area contributed by atoms with Gasteiger partial charge in [0.2, 0.25) is 0 Å². The average Bonchev–Trinajstić information content (AvgIpc) is 3.95. The molecule has 0 atom stereocenters. The quantitative estimate of drug-likeness (QED) is 0.175. The summed E-state index contributed by atoms with van der Waals surface area (Å²) in [6.45, 7) is 23.4. The number of thiophene rings is 1. The lowest BCUT2D eigenvalue weighted by molar-refractivity contribution is 0.590. The molecule has 3 aliphatic rings. The molecule has 66 heavy (non-hydrogen) atoms. The standard InChI is InChI=1S/C62H55BN2S/c1-59(2,3)34-19-22-36(23-20-34)64-52-30-46-45-27-35(60(4,5)6)21-26-55(45)66-56(46)32-43(52)39-24-25-40-44-28-49-42(38-16-12-14-18-48(38)61(49,7)8)31-53(44)65-54-33-50-41(29-51(54)63-57(39)58(40)65)37-15-11-13-17-47(37)62(50,9)10/h11-33,63-64H,1-10H3. The van der Waals surface area contributed by atoms with E-state index in [-0.39, 0.29) is 21.7 Å². The zero-order valence-corrected chi connectivity index (χ0v) is 40.7. The molecule has 3 heterocycles. The summed E-state index contributed by atoms with van der Waals surface area (Å²) in [6.07, 6.45) is 0. The Bertz CT molecular complexity index is 3770. The van der Waals surface area contributed by atoms with E-state index < -0.39 is 0 Å². The molecule has 0 radical (unpaired) electrons. The number of nitrogens with one attached hydrogen (secondary N) is 1. The van der Waals surface area contributed by atoms with Crippen LogP contribution in [0.4, 0.5) is 11.4 Å². The predicted octanol–water partition coefficient (Wildman–Crippen LogP) is 15.5. The Hall–Kier alpha value is -6.36. The van der Waals surface area contributed by atoms with Gasteiger partial charge in [0.05, 0.1) is 5.52 Å². The minimum atomic E-state index is -0.103. The minimum Gasteiger partial charge on any atom is -0.355 e. The normalized spacial score (nSPS) is 15.2. The first-order valence-corrected chi connectivity index (χ1v) is 24.7. The lowest BCUT2D eigenvalue weighted by Crippen LogP contribution is -2.37. The molecule has 1 aliphatic heterocycles. The van der Waals surface area contributed by atoms with Gasteiger partial charge in [-0.1, -0.05) is 160 Å². The van der Waals surface area contributed by atoms with Crippen LogP contribution in [0.1, 0.15) is 103 Å². The zero-order valence-electron chi connectivity index (χ0n) is 39.8. The second kappa shape index (κ2) is 13.2. The maximum atomic E-state index is 4.02. The van der Waals surface area contributed by atoms with Crippen molar-refractivity contribution in [3.8, 4) is 39.1 Å². The van der Waals surface area contributed by atoms with Crippen LogP contribution in [0.3, 0.4) is 0 Å². The van der Waals surface area contributed by atoms with E-state index in [1.807, 2.05) is 11.3 Å². The third kappa shape index (κ3) is 5.48. The summed E-state index contributed by atoms with van der Waals surface area (Å²) in [6, 6.07) is 54.4. The molecule has 322 valence electrons.